The molecule has 0 bridgehead atoms. The van der Waals surface area contributed by atoms with Crippen molar-refractivity contribution >= 4 is 10.0 Å². The summed E-state index contributed by atoms with van der Waals surface area (Å²) in [5.41, 5.74) is -0.152. The van der Waals surface area contributed by atoms with Crippen LogP contribution in [0.1, 0.15) is 17.5 Å². The standard InChI is InChI=1S/C17H18F3NO3S/c1-13-6-4-7-14(12-13)24-11-5-10-21-25(22,23)16-9-3-2-8-15(16)17(18,19)20/h2-4,6-9,12,21H,5,10-11H2,1H3. The lowest BCUT2D eigenvalue weighted by molar-refractivity contribution is -0.139. The van der Waals surface area contributed by atoms with Gasteiger partial charge < -0.3 is 4.74 Å². The fraction of sp³-hybridized carbons (Fsp3) is 0.294. The molecule has 0 aliphatic carbocycles. The zero-order chi connectivity index (χ0) is 18.5. The Bertz CT molecular complexity index is 820. The van der Waals surface area contributed by atoms with Gasteiger partial charge in [-0.3, -0.25) is 0 Å². The van der Waals surface area contributed by atoms with Crippen molar-refractivity contribution in [1.29, 1.82) is 0 Å². The van der Waals surface area contributed by atoms with E-state index in [1.54, 1.807) is 6.07 Å². The molecule has 4 nitrogen and oxygen atoms in total. The van der Waals surface area contributed by atoms with E-state index in [1.165, 1.54) is 6.07 Å². The highest BCUT2D eigenvalue weighted by Gasteiger charge is 2.36. The summed E-state index contributed by atoms with van der Waals surface area (Å²) in [4.78, 5) is -0.776. The van der Waals surface area contributed by atoms with Crippen LogP contribution in [0, 0.1) is 6.92 Å². The van der Waals surface area contributed by atoms with Crippen LogP contribution in [0.5, 0.6) is 5.75 Å². The Morgan fingerprint density at radius 2 is 1.80 bits per heavy atom. The summed E-state index contributed by atoms with van der Waals surface area (Å²) < 4.78 is 70.7. The zero-order valence-electron chi connectivity index (χ0n) is 13.5. The molecule has 1 N–H and O–H groups in total. The van der Waals surface area contributed by atoms with Crippen LogP contribution in [0.25, 0.3) is 0 Å². The van der Waals surface area contributed by atoms with Crippen LogP contribution in [-0.4, -0.2) is 21.6 Å². The highest BCUT2D eigenvalue weighted by molar-refractivity contribution is 7.89. The molecule has 25 heavy (non-hydrogen) atoms. The van der Waals surface area contributed by atoms with Crippen LogP contribution in [0.4, 0.5) is 13.2 Å². The van der Waals surface area contributed by atoms with E-state index in [0.717, 1.165) is 23.8 Å². The van der Waals surface area contributed by atoms with Gasteiger partial charge in [-0.2, -0.15) is 13.2 Å². The first-order valence-corrected chi connectivity index (χ1v) is 9.04. The number of aryl methyl sites for hydroxylation is 1. The van der Waals surface area contributed by atoms with Crippen molar-refractivity contribution in [2.75, 3.05) is 13.2 Å². The molecule has 0 fully saturated rings. The second-order valence-electron chi connectivity index (χ2n) is 5.41. The Balaban J connectivity index is 1.92. The van der Waals surface area contributed by atoms with Crippen molar-refractivity contribution in [2.24, 2.45) is 0 Å². The third-order valence-corrected chi connectivity index (χ3v) is 4.87. The van der Waals surface area contributed by atoms with Crippen molar-refractivity contribution in [3.05, 3.63) is 59.7 Å². The van der Waals surface area contributed by atoms with E-state index in [-0.39, 0.29) is 13.2 Å². The number of ether oxygens (including phenoxy) is 1. The predicted octanol–water partition coefficient (Wildman–Crippen LogP) is 3.76. The maximum atomic E-state index is 12.9. The molecule has 2 rings (SSSR count). The van der Waals surface area contributed by atoms with E-state index in [1.807, 2.05) is 25.1 Å². The Hall–Kier alpha value is -2.06. The second kappa shape index (κ2) is 7.88. The quantitative estimate of drug-likeness (QED) is 0.752. The molecule has 2 aromatic rings. The molecular weight excluding hydrogens is 355 g/mol. The van der Waals surface area contributed by atoms with Crippen LogP contribution >= 0.6 is 0 Å². The number of halogens is 3. The molecule has 136 valence electrons. The number of rotatable bonds is 7. The van der Waals surface area contributed by atoms with E-state index in [0.29, 0.717) is 12.2 Å². The normalized spacial score (nSPS) is 12.2. The minimum Gasteiger partial charge on any atom is -0.494 e. The molecule has 0 spiro atoms. The van der Waals surface area contributed by atoms with E-state index in [4.69, 9.17) is 4.74 Å². The number of hydrogen-bond donors (Lipinski definition) is 1. The smallest absolute Gasteiger partial charge is 0.417 e. The number of sulfonamides is 1. The van der Waals surface area contributed by atoms with Crippen molar-refractivity contribution in [2.45, 2.75) is 24.4 Å². The van der Waals surface area contributed by atoms with Gasteiger partial charge in [0.1, 0.15) is 5.75 Å². The largest absolute Gasteiger partial charge is 0.494 e. The number of hydrogen-bond acceptors (Lipinski definition) is 3. The summed E-state index contributed by atoms with van der Waals surface area (Å²) in [7, 11) is -4.25. The monoisotopic (exact) mass is 373 g/mol. The van der Waals surface area contributed by atoms with Crippen LogP contribution in [0.2, 0.25) is 0 Å². The lowest BCUT2D eigenvalue weighted by atomic mass is 10.2. The van der Waals surface area contributed by atoms with E-state index in [2.05, 4.69) is 4.72 Å². The molecule has 0 aliphatic rings. The Morgan fingerprint density at radius 1 is 1.08 bits per heavy atom. The maximum absolute atomic E-state index is 12.9. The van der Waals surface area contributed by atoms with Crippen molar-refractivity contribution < 1.29 is 26.3 Å². The van der Waals surface area contributed by atoms with Crippen LogP contribution in [0.3, 0.4) is 0 Å². The van der Waals surface area contributed by atoms with E-state index < -0.39 is 26.7 Å². The topological polar surface area (TPSA) is 55.4 Å². The fourth-order valence-corrected chi connectivity index (χ4v) is 3.49. The predicted molar refractivity (Wildman–Crippen MR) is 87.9 cm³/mol. The van der Waals surface area contributed by atoms with Crippen molar-refractivity contribution in [3.8, 4) is 5.75 Å². The van der Waals surface area contributed by atoms with Crippen molar-refractivity contribution in [3.63, 3.8) is 0 Å². The summed E-state index contributed by atoms with van der Waals surface area (Å²) >= 11 is 0. The van der Waals surface area contributed by atoms with Gasteiger partial charge in [0, 0.05) is 6.54 Å². The number of benzene rings is 2. The molecule has 0 saturated carbocycles. The Labute approximate surface area is 144 Å². The molecule has 2 aromatic carbocycles. The average molecular weight is 373 g/mol. The lowest BCUT2D eigenvalue weighted by Crippen LogP contribution is -2.28. The number of nitrogens with one attached hydrogen (secondary N) is 1. The van der Waals surface area contributed by atoms with Gasteiger partial charge >= 0.3 is 6.18 Å². The first kappa shape index (κ1) is 19.3. The van der Waals surface area contributed by atoms with Crippen LogP contribution < -0.4 is 9.46 Å². The summed E-state index contributed by atoms with van der Waals surface area (Å²) in [6, 6.07) is 11.5. The molecular formula is C17H18F3NO3S. The minimum absolute atomic E-state index is 0.0274. The number of alkyl halides is 3. The molecule has 8 heteroatoms. The summed E-state index contributed by atoms with van der Waals surface area (Å²) in [6.45, 7) is 2.13. The van der Waals surface area contributed by atoms with Gasteiger partial charge in [-0.05, 0) is 43.2 Å². The van der Waals surface area contributed by atoms with Gasteiger partial charge in [0.15, 0.2) is 0 Å². The molecule has 0 aromatic heterocycles. The van der Waals surface area contributed by atoms with Gasteiger partial charge in [0.2, 0.25) is 10.0 Å². The van der Waals surface area contributed by atoms with Crippen LogP contribution in [0.15, 0.2) is 53.4 Å². The average Bonchev–Trinajstić information content (AvgIpc) is 2.54. The Kier molecular flexibility index (Phi) is 6.07. The molecule has 0 atom stereocenters. The van der Waals surface area contributed by atoms with Crippen molar-refractivity contribution in [1.82, 2.24) is 4.72 Å². The summed E-state index contributed by atoms with van der Waals surface area (Å²) in [5, 5.41) is 0. The summed E-state index contributed by atoms with van der Waals surface area (Å²) in [6.07, 6.45) is -4.42. The first-order valence-electron chi connectivity index (χ1n) is 7.55. The highest BCUT2D eigenvalue weighted by Crippen LogP contribution is 2.33. The third kappa shape index (κ3) is 5.47. The molecule has 0 unspecified atom stereocenters. The first-order chi connectivity index (χ1) is 11.7. The third-order valence-electron chi connectivity index (χ3n) is 3.35. The van der Waals surface area contributed by atoms with Gasteiger partial charge in [-0.25, -0.2) is 13.1 Å². The Morgan fingerprint density at radius 3 is 2.48 bits per heavy atom. The lowest BCUT2D eigenvalue weighted by Gasteiger charge is -2.13. The van der Waals surface area contributed by atoms with E-state index >= 15 is 0 Å². The van der Waals surface area contributed by atoms with Gasteiger partial charge in [0.25, 0.3) is 0 Å². The zero-order valence-corrected chi connectivity index (χ0v) is 14.3. The molecule has 0 amide bonds. The molecule has 0 saturated heterocycles. The maximum Gasteiger partial charge on any atom is 0.417 e. The molecule has 0 heterocycles. The van der Waals surface area contributed by atoms with Gasteiger partial charge in [-0.1, -0.05) is 24.3 Å². The second-order valence-corrected chi connectivity index (χ2v) is 7.15. The minimum atomic E-state index is -4.74. The van der Waals surface area contributed by atoms with Crippen LogP contribution in [-0.2, 0) is 16.2 Å². The van der Waals surface area contributed by atoms with Gasteiger partial charge in [-0.15, -0.1) is 0 Å². The molecule has 0 aliphatic heterocycles. The summed E-state index contributed by atoms with van der Waals surface area (Å²) in [5.74, 6) is 0.658. The SMILES string of the molecule is Cc1cccc(OCCCNS(=O)(=O)c2ccccc2C(F)(F)F)c1. The fourth-order valence-electron chi connectivity index (χ4n) is 2.19. The van der Waals surface area contributed by atoms with E-state index in [9.17, 15) is 21.6 Å². The van der Waals surface area contributed by atoms with Gasteiger partial charge in [0.05, 0.1) is 17.1 Å². The molecule has 0 radical (unpaired) electrons. The highest BCUT2D eigenvalue weighted by atomic mass is 32.2.